The second-order valence-electron chi connectivity index (χ2n) is 5.96. The third-order valence-corrected chi connectivity index (χ3v) is 4.48. The molecule has 1 aliphatic rings. The average Bonchev–Trinajstić information content (AvgIpc) is 2.40. The van der Waals surface area contributed by atoms with E-state index in [0.717, 1.165) is 37.9 Å². The minimum atomic E-state index is -0.198. The van der Waals surface area contributed by atoms with E-state index in [2.05, 4.69) is 18.7 Å². The molecule has 1 aromatic rings. The predicted molar refractivity (Wildman–Crippen MR) is 77.3 cm³/mol. The molecule has 2 N–H and O–H groups in total. The molecule has 3 unspecified atom stereocenters. The highest BCUT2D eigenvalue weighted by molar-refractivity contribution is 5.20. The van der Waals surface area contributed by atoms with Crippen LogP contribution in [0.2, 0.25) is 0 Å². The van der Waals surface area contributed by atoms with E-state index in [4.69, 9.17) is 5.73 Å². The molecule has 106 valence electrons. The van der Waals surface area contributed by atoms with Crippen molar-refractivity contribution in [3.63, 3.8) is 0 Å². The van der Waals surface area contributed by atoms with E-state index in [1.54, 1.807) is 12.1 Å². The second kappa shape index (κ2) is 6.49. The van der Waals surface area contributed by atoms with Gasteiger partial charge in [0.2, 0.25) is 0 Å². The smallest absolute Gasteiger partial charge is 0.127 e. The summed E-state index contributed by atoms with van der Waals surface area (Å²) < 4.78 is 13.6. The summed E-state index contributed by atoms with van der Waals surface area (Å²) in [6.07, 6.45) is 2.08. The van der Waals surface area contributed by atoms with Crippen LogP contribution in [0.5, 0.6) is 0 Å². The van der Waals surface area contributed by atoms with Crippen LogP contribution in [0.25, 0.3) is 0 Å². The molecule has 3 heteroatoms. The Kier molecular flexibility index (Phi) is 4.94. The van der Waals surface area contributed by atoms with Crippen LogP contribution < -0.4 is 5.73 Å². The van der Waals surface area contributed by atoms with Crippen molar-refractivity contribution in [3.05, 3.63) is 35.6 Å². The fourth-order valence-electron chi connectivity index (χ4n) is 2.81. The predicted octanol–water partition coefficient (Wildman–Crippen LogP) is 3.19. The van der Waals surface area contributed by atoms with E-state index in [1.165, 1.54) is 12.5 Å². The van der Waals surface area contributed by atoms with E-state index < -0.39 is 0 Å². The molecule has 0 aliphatic carbocycles. The highest BCUT2D eigenvalue weighted by atomic mass is 19.1. The number of hydrogen-bond donors (Lipinski definition) is 1. The first-order chi connectivity index (χ1) is 9.08. The number of rotatable bonds is 4. The zero-order valence-corrected chi connectivity index (χ0v) is 12.0. The number of hydrogen-bond acceptors (Lipinski definition) is 2. The molecule has 1 aromatic carbocycles. The maximum absolute atomic E-state index is 13.6. The second-order valence-corrected chi connectivity index (χ2v) is 5.96. The molecular weight excluding hydrogens is 239 g/mol. The van der Waals surface area contributed by atoms with Gasteiger partial charge in [-0.05, 0) is 43.8 Å². The lowest BCUT2D eigenvalue weighted by molar-refractivity contribution is 0.135. The molecule has 0 saturated carbocycles. The molecule has 1 fully saturated rings. The van der Waals surface area contributed by atoms with Gasteiger partial charge in [0.25, 0.3) is 0 Å². The highest BCUT2D eigenvalue weighted by Crippen LogP contribution is 2.24. The summed E-state index contributed by atoms with van der Waals surface area (Å²) in [6.45, 7) is 7.90. The maximum Gasteiger partial charge on any atom is 0.127 e. The van der Waals surface area contributed by atoms with Crippen molar-refractivity contribution in [2.45, 2.75) is 32.7 Å². The lowest BCUT2D eigenvalue weighted by Gasteiger charge is -2.35. The minimum absolute atomic E-state index is 0.185. The van der Waals surface area contributed by atoms with Gasteiger partial charge in [-0.15, -0.1) is 0 Å². The fraction of sp³-hybridized carbons (Fsp3) is 0.625. The number of likely N-dealkylation sites (tertiary alicyclic amines) is 1. The standard InChI is InChI=1S/C16H25FN2/c1-12-7-9-19(11-13(12)2)10-8-16(18)14-5-3-4-6-15(14)17/h3-6,12-13,16H,7-11,18H2,1-2H3. The summed E-state index contributed by atoms with van der Waals surface area (Å²) in [7, 11) is 0. The van der Waals surface area contributed by atoms with Crippen LogP contribution in [0.3, 0.4) is 0 Å². The maximum atomic E-state index is 13.6. The van der Waals surface area contributed by atoms with E-state index in [0.29, 0.717) is 5.56 Å². The molecule has 0 amide bonds. The van der Waals surface area contributed by atoms with Gasteiger partial charge in [-0.3, -0.25) is 0 Å². The fourth-order valence-corrected chi connectivity index (χ4v) is 2.81. The first-order valence-corrected chi connectivity index (χ1v) is 7.30. The molecule has 1 aliphatic heterocycles. The van der Waals surface area contributed by atoms with Crippen LogP contribution in [-0.2, 0) is 0 Å². The Labute approximate surface area is 115 Å². The third kappa shape index (κ3) is 3.77. The normalized spacial score (nSPS) is 26.3. The highest BCUT2D eigenvalue weighted by Gasteiger charge is 2.23. The van der Waals surface area contributed by atoms with Crippen molar-refractivity contribution in [1.29, 1.82) is 0 Å². The van der Waals surface area contributed by atoms with Crippen LogP contribution in [0.15, 0.2) is 24.3 Å². The molecule has 1 heterocycles. The van der Waals surface area contributed by atoms with Crippen molar-refractivity contribution >= 4 is 0 Å². The Hall–Kier alpha value is -0.930. The Balaban J connectivity index is 1.84. The summed E-state index contributed by atoms with van der Waals surface area (Å²) in [6, 6.07) is 6.64. The number of piperidine rings is 1. The lowest BCUT2D eigenvalue weighted by atomic mass is 9.88. The first kappa shape index (κ1) is 14.5. The lowest BCUT2D eigenvalue weighted by Crippen LogP contribution is -2.39. The average molecular weight is 264 g/mol. The summed E-state index contributed by atoms with van der Waals surface area (Å²) in [4.78, 5) is 2.46. The molecule has 3 atom stereocenters. The van der Waals surface area contributed by atoms with Crippen molar-refractivity contribution in [1.82, 2.24) is 4.90 Å². The number of nitrogens with two attached hydrogens (primary N) is 1. The molecule has 0 radical (unpaired) electrons. The molecule has 2 rings (SSSR count). The van der Waals surface area contributed by atoms with E-state index in [9.17, 15) is 4.39 Å². The minimum Gasteiger partial charge on any atom is -0.324 e. The topological polar surface area (TPSA) is 29.3 Å². The summed E-state index contributed by atoms with van der Waals surface area (Å²) >= 11 is 0. The molecule has 0 bridgehead atoms. The van der Waals surface area contributed by atoms with Crippen molar-refractivity contribution in [2.24, 2.45) is 17.6 Å². The zero-order chi connectivity index (χ0) is 13.8. The van der Waals surface area contributed by atoms with Gasteiger partial charge >= 0.3 is 0 Å². The van der Waals surface area contributed by atoms with Crippen LogP contribution in [0.4, 0.5) is 4.39 Å². The van der Waals surface area contributed by atoms with Gasteiger partial charge in [0.05, 0.1) is 0 Å². The van der Waals surface area contributed by atoms with Gasteiger partial charge in [0.1, 0.15) is 5.82 Å². The van der Waals surface area contributed by atoms with Gasteiger partial charge in [0.15, 0.2) is 0 Å². The first-order valence-electron chi connectivity index (χ1n) is 7.30. The quantitative estimate of drug-likeness (QED) is 0.905. The van der Waals surface area contributed by atoms with Crippen LogP contribution in [-0.4, -0.2) is 24.5 Å². The van der Waals surface area contributed by atoms with Crippen LogP contribution in [0, 0.1) is 17.7 Å². The van der Waals surface area contributed by atoms with Gasteiger partial charge in [0, 0.05) is 18.2 Å². The molecule has 2 nitrogen and oxygen atoms in total. The summed E-state index contributed by atoms with van der Waals surface area (Å²) in [5, 5.41) is 0. The van der Waals surface area contributed by atoms with Gasteiger partial charge in [-0.2, -0.15) is 0 Å². The number of halogens is 1. The number of benzene rings is 1. The van der Waals surface area contributed by atoms with Crippen LogP contribution >= 0.6 is 0 Å². The summed E-state index contributed by atoms with van der Waals surface area (Å²) in [5.41, 5.74) is 6.75. The van der Waals surface area contributed by atoms with Gasteiger partial charge in [-0.25, -0.2) is 4.39 Å². The Morgan fingerprint density at radius 3 is 2.74 bits per heavy atom. The molecule has 19 heavy (non-hydrogen) atoms. The monoisotopic (exact) mass is 264 g/mol. The molecular formula is C16H25FN2. The molecule has 1 saturated heterocycles. The Morgan fingerprint density at radius 1 is 1.32 bits per heavy atom. The Morgan fingerprint density at radius 2 is 2.05 bits per heavy atom. The number of nitrogens with zero attached hydrogens (tertiary/aromatic N) is 1. The SMILES string of the molecule is CC1CCN(CCC(N)c2ccccc2F)CC1C. The van der Waals surface area contributed by atoms with Crippen molar-refractivity contribution in [3.8, 4) is 0 Å². The van der Waals surface area contributed by atoms with E-state index >= 15 is 0 Å². The zero-order valence-electron chi connectivity index (χ0n) is 12.0. The molecule has 0 spiro atoms. The van der Waals surface area contributed by atoms with E-state index in [1.807, 2.05) is 6.07 Å². The largest absolute Gasteiger partial charge is 0.324 e. The van der Waals surface area contributed by atoms with E-state index in [-0.39, 0.29) is 11.9 Å². The van der Waals surface area contributed by atoms with Gasteiger partial charge < -0.3 is 10.6 Å². The third-order valence-electron chi connectivity index (χ3n) is 4.48. The summed E-state index contributed by atoms with van der Waals surface area (Å²) in [5.74, 6) is 1.38. The van der Waals surface area contributed by atoms with Crippen molar-refractivity contribution in [2.75, 3.05) is 19.6 Å². The van der Waals surface area contributed by atoms with Gasteiger partial charge in [-0.1, -0.05) is 32.0 Å². The Bertz CT molecular complexity index is 407. The molecule has 0 aromatic heterocycles. The van der Waals surface area contributed by atoms with Crippen molar-refractivity contribution < 1.29 is 4.39 Å². The van der Waals surface area contributed by atoms with Crippen LogP contribution in [0.1, 0.15) is 38.3 Å².